The highest BCUT2D eigenvalue weighted by Gasteiger charge is 2.32. The number of Topliss-reactive ketones (excluding diaryl/α,β-unsaturated/α-hetero) is 1. The van der Waals surface area contributed by atoms with Gasteiger partial charge in [0.05, 0.1) is 12.6 Å². The summed E-state index contributed by atoms with van der Waals surface area (Å²) in [7, 11) is 0. The van der Waals surface area contributed by atoms with Crippen molar-refractivity contribution in [1.29, 1.82) is 0 Å². The standard InChI is InChI=1S/C21H21N3O2/c1-13-20(16-8-4-5-9-17(16)23-13)19(25)12-24-11-15-7-3-2-6-14(15)10-18(24)21(22)26/h2-9,18,23H,10-12H2,1H3,(H2,22,26)/t18-/m1/s1. The highest BCUT2D eigenvalue weighted by molar-refractivity contribution is 6.10. The largest absolute Gasteiger partial charge is 0.368 e. The maximum atomic E-state index is 13.1. The van der Waals surface area contributed by atoms with Crippen molar-refractivity contribution in [2.45, 2.75) is 25.9 Å². The number of carbonyl (C=O) groups is 2. The highest BCUT2D eigenvalue weighted by Crippen LogP contribution is 2.26. The summed E-state index contributed by atoms with van der Waals surface area (Å²) in [6.07, 6.45) is 0.547. The van der Waals surface area contributed by atoms with E-state index in [1.54, 1.807) is 0 Å². The molecule has 0 aliphatic carbocycles. The predicted molar refractivity (Wildman–Crippen MR) is 101 cm³/mol. The third-order valence-electron chi connectivity index (χ3n) is 5.19. The summed E-state index contributed by atoms with van der Waals surface area (Å²) in [5.41, 5.74) is 10.4. The van der Waals surface area contributed by atoms with Gasteiger partial charge >= 0.3 is 0 Å². The number of ketones is 1. The van der Waals surface area contributed by atoms with E-state index in [4.69, 9.17) is 5.73 Å². The van der Waals surface area contributed by atoms with Gasteiger partial charge in [-0.25, -0.2) is 0 Å². The van der Waals surface area contributed by atoms with Gasteiger partial charge in [0, 0.05) is 28.7 Å². The Morgan fingerprint density at radius 3 is 2.58 bits per heavy atom. The van der Waals surface area contributed by atoms with Crippen LogP contribution in [0.2, 0.25) is 0 Å². The summed E-state index contributed by atoms with van der Waals surface area (Å²) in [6, 6.07) is 15.3. The second-order valence-electron chi connectivity index (χ2n) is 6.89. The molecule has 5 nitrogen and oxygen atoms in total. The minimum absolute atomic E-state index is 0.00517. The average molecular weight is 347 g/mol. The van der Waals surface area contributed by atoms with Gasteiger partial charge in [-0.2, -0.15) is 0 Å². The molecule has 1 aliphatic heterocycles. The number of nitrogens with one attached hydrogen (secondary N) is 1. The molecule has 0 saturated carbocycles. The third-order valence-corrected chi connectivity index (χ3v) is 5.19. The number of hydrogen-bond acceptors (Lipinski definition) is 3. The molecule has 4 rings (SSSR count). The second-order valence-corrected chi connectivity index (χ2v) is 6.89. The monoisotopic (exact) mass is 347 g/mol. The van der Waals surface area contributed by atoms with Gasteiger partial charge in [0.1, 0.15) is 0 Å². The molecule has 5 heteroatoms. The van der Waals surface area contributed by atoms with E-state index in [0.717, 1.165) is 27.7 Å². The molecule has 3 aromatic rings. The molecular formula is C21H21N3O2. The zero-order valence-corrected chi connectivity index (χ0v) is 14.7. The lowest BCUT2D eigenvalue weighted by Crippen LogP contribution is -2.50. The summed E-state index contributed by atoms with van der Waals surface area (Å²) >= 11 is 0. The minimum Gasteiger partial charge on any atom is -0.368 e. The number of primary amides is 1. The number of aromatic amines is 1. The smallest absolute Gasteiger partial charge is 0.235 e. The molecule has 0 unspecified atom stereocenters. The molecule has 0 spiro atoms. The van der Waals surface area contributed by atoms with E-state index >= 15 is 0 Å². The lowest BCUT2D eigenvalue weighted by atomic mass is 9.93. The van der Waals surface area contributed by atoms with Gasteiger partial charge in [0.25, 0.3) is 0 Å². The van der Waals surface area contributed by atoms with Gasteiger partial charge in [-0.1, -0.05) is 42.5 Å². The number of nitrogens with zero attached hydrogens (tertiary/aromatic N) is 1. The van der Waals surface area contributed by atoms with Gasteiger partial charge < -0.3 is 10.7 Å². The van der Waals surface area contributed by atoms with Crippen molar-refractivity contribution in [2.24, 2.45) is 5.73 Å². The van der Waals surface area contributed by atoms with Crippen molar-refractivity contribution in [3.05, 3.63) is 70.9 Å². The molecule has 0 bridgehead atoms. The summed E-state index contributed by atoms with van der Waals surface area (Å²) in [4.78, 5) is 30.2. The first-order chi connectivity index (χ1) is 12.5. The molecule has 1 amide bonds. The molecule has 0 radical (unpaired) electrons. The van der Waals surface area contributed by atoms with E-state index in [2.05, 4.69) is 4.98 Å². The van der Waals surface area contributed by atoms with Crippen LogP contribution in [0.4, 0.5) is 0 Å². The second kappa shape index (κ2) is 6.42. The van der Waals surface area contributed by atoms with Gasteiger partial charge in [-0.15, -0.1) is 0 Å². The SMILES string of the molecule is Cc1[nH]c2ccccc2c1C(=O)CN1Cc2ccccc2C[C@@H]1C(N)=O. The van der Waals surface area contributed by atoms with E-state index < -0.39 is 6.04 Å². The first-order valence-corrected chi connectivity index (χ1v) is 8.75. The Hall–Kier alpha value is -2.92. The molecular weight excluding hydrogens is 326 g/mol. The maximum absolute atomic E-state index is 13.1. The quantitative estimate of drug-likeness (QED) is 0.712. The lowest BCUT2D eigenvalue weighted by molar-refractivity contribution is -0.123. The number of nitrogens with two attached hydrogens (primary N) is 1. The van der Waals surface area contributed by atoms with Crippen molar-refractivity contribution in [1.82, 2.24) is 9.88 Å². The van der Waals surface area contributed by atoms with Crippen molar-refractivity contribution in [2.75, 3.05) is 6.54 Å². The third kappa shape index (κ3) is 2.80. The Bertz CT molecular complexity index is 1010. The van der Waals surface area contributed by atoms with E-state index in [1.807, 2.05) is 60.4 Å². The van der Waals surface area contributed by atoms with Crippen LogP contribution in [0.3, 0.4) is 0 Å². The summed E-state index contributed by atoms with van der Waals surface area (Å²) in [5.74, 6) is -0.381. The number of fused-ring (bicyclic) bond motifs is 2. The van der Waals surface area contributed by atoms with Crippen LogP contribution in [-0.4, -0.2) is 34.2 Å². The van der Waals surface area contributed by atoms with Crippen LogP contribution < -0.4 is 5.73 Å². The summed E-state index contributed by atoms with van der Waals surface area (Å²) < 4.78 is 0. The molecule has 2 aromatic carbocycles. The fourth-order valence-electron chi connectivity index (χ4n) is 3.92. The molecule has 1 aliphatic rings. The van der Waals surface area contributed by atoms with Crippen LogP contribution in [0, 0.1) is 6.92 Å². The van der Waals surface area contributed by atoms with Crippen LogP contribution >= 0.6 is 0 Å². The Labute approximate surface area is 151 Å². The number of aryl methyl sites for hydroxylation is 1. The number of carbonyl (C=O) groups excluding carboxylic acids is 2. The van der Waals surface area contributed by atoms with Gasteiger partial charge in [-0.3, -0.25) is 14.5 Å². The number of H-pyrrole nitrogens is 1. The van der Waals surface area contributed by atoms with Crippen LogP contribution in [-0.2, 0) is 17.8 Å². The summed E-state index contributed by atoms with van der Waals surface area (Å²) in [5, 5.41) is 0.919. The molecule has 1 atom stereocenters. The number of aromatic nitrogens is 1. The molecule has 0 saturated heterocycles. The Morgan fingerprint density at radius 2 is 1.81 bits per heavy atom. The highest BCUT2D eigenvalue weighted by atomic mass is 16.1. The first-order valence-electron chi connectivity index (χ1n) is 8.75. The topological polar surface area (TPSA) is 79.2 Å². The molecule has 0 fully saturated rings. The van der Waals surface area contributed by atoms with Crippen LogP contribution in [0.15, 0.2) is 48.5 Å². The number of hydrogen-bond donors (Lipinski definition) is 2. The van der Waals surface area contributed by atoms with Crippen molar-refractivity contribution in [3.8, 4) is 0 Å². The average Bonchev–Trinajstić information content (AvgIpc) is 2.96. The molecule has 132 valence electrons. The van der Waals surface area contributed by atoms with Crippen molar-refractivity contribution in [3.63, 3.8) is 0 Å². The molecule has 2 heterocycles. The maximum Gasteiger partial charge on any atom is 0.235 e. The Balaban J connectivity index is 1.65. The van der Waals surface area contributed by atoms with Gasteiger partial charge in [0.2, 0.25) is 5.91 Å². The van der Waals surface area contributed by atoms with E-state index in [0.29, 0.717) is 18.5 Å². The predicted octanol–water partition coefficient (Wildman–Crippen LogP) is 2.57. The summed E-state index contributed by atoms with van der Waals surface area (Å²) in [6.45, 7) is 2.63. The number of benzene rings is 2. The normalized spacial score (nSPS) is 17.2. The lowest BCUT2D eigenvalue weighted by Gasteiger charge is -2.34. The van der Waals surface area contributed by atoms with Crippen LogP contribution in [0.25, 0.3) is 10.9 Å². The zero-order valence-electron chi connectivity index (χ0n) is 14.7. The number of para-hydroxylation sites is 1. The fourth-order valence-corrected chi connectivity index (χ4v) is 3.92. The van der Waals surface area contributed by atoms with Crippen molar-refractivity contribution < 1.29 is 9.59 Å². The fraction of sp³-hybridized carbons (Fsp3) is 0.238. The van der Waals surface area contributed by atoms with E-state index in [1.165, 1.54) is 0 Å². The molecule has 1 aromatic heterocycles. The van der Waals surface area contributed by atoms with E-state index in [-0.39, 0.29) is 18.2 Å². The van der Waals surface area contributed by atoms with Crippen LogP contribution in [0.1, 0.15) is 27.2 Å². The van der Waals surface area contributed by atoms with Crippen molar-refractivity contribution >= 4 is 22.6 Å². The first kappa shape index (κ1) is 16.5. The number of amides is 1. The Morgan fingerprint density at radius 1 is 1.12 bits per heavy atom. The van der Waals surface area contributed by atoms with Gasteiger partial charge in [0.15, 0.2) is 5.78 Å². The zero-order chi connectivity index (χ0) is 18.3. The molecule has 26 heavy (non-hydrogen) atoms. The van der Waals surface area contributed by atoms with Crippen LogP contribution in [0.5, 0.6) is 0 Å². The van der Waals surface area contributed by atoms with Gasteiger partial charge in [-0.05, 0) is 30.5 Å². The van der Waals surface area contributed by atoms with E-state index in [9.17, 15) is 9.59 Å². The number of rotatable bonds is 4. The minimum atomic E-state index is -0.459. The Kier molecular flexibility index (Phi) is 4.09. The molecule has 3 N–H and O–H groups in total.